The number of carbonyl (C=O) groups is 2. The highest BCUT2D eigenvalue weighted by molar-refractivity contribution is 6.32. The zero-order chi connectivity index (χ0) is 29.5. The maximum Gasteiger partial charge on any atom is 0.271 e. The average molecular weight is 586 g/mol. The number of phenols is 1. The molecule has 9 nitrogen and oxygen atoms in total. The summed E-state index contributed by atoms with van der Waals surface area (Å²) in [6.07, 6.45) is 5.16. The molecule has 3 aliphatic rings. The molecular formula is C32H28ClN3O6. The number of nitro benzene ring substituents is 1. The number of imide groups is 1. The van der Waals surface area contributed by atoms with E-state index in [0.29, 0.717) is 30.9 Å². The molecule has 2 fully saturated rings. The van der Waals surface area contributed by atoms with Crippen molar-refractivity contribution < 1.29 is 24.4 Å². The molecule has 3 aromatic rings. The van der Waals surface area contributed by atoms with Gasteiger partial charge in [-0.15, -0.1) is 0 Å². The number of amides is 2. The van der Waals surface area contributed by atoms with Gasteiger partial charge in [-0.05, 0) is 85.4 Å². The van der Waals surface area contributed by atoms with E-state index in [1.807, 2.05) is 31.2 Å². The van der Waals surface area contributed by atoms with Crippen LogP contribution in [0.2, 0.25) is 5.02 Å². The van der Waals surface area contributed by atoms with Crippen molar-refractivity contribution in [2.24, 2.45) is 17.8 Å². The van der Waals surface area contributed by atoms with Crippen molar-refractivity contribution >= 4 is 46.4 Å². The first-order valence-electron chi connectivity index (χ1n) is 13.8. The first kappa shape index (κ1) is 27.8. The highest BCUT2D eigenvalue weighted by Gasteiger charge is 2.57. The Balaban J connectivity index is 1.25. The molecule has 4 atom stereocenters. The summed E-state index contributed by atoms with van der Waals surface area (Å²) in [6, 6.07) is 16.2. The first-order valence-corrected chi connectivity index (χ1v) is 14.1. The molecule has 2 aromatic carbocycles. The Morgan fingerprint density at radius 3 is 2.71 bits per heavy atom. The Bertz CT molecular complexity index is 1650. The number of nitrogens with zero attached hydrogens (tertiary/aromatic N) is 3. The number of benzene rings is 2. The quantitative estimate of drug-likeness (QED) is 0.151. The lowest BCUT2D eigenvalue weighted by Crippen LogP contribution is -2.34. The molecule has 2 saturated heterocycles. The number of anilines is 1. The minimum Gasteiger partial charge on any atom is -0.508 e. The molecule has 42 heavy (non-hydrogen) atoms. The number of fused-ring (bicyclic) bond motifs is 3. The van der Waals surface area contributed by atoms with Crippen molar-refractivity contribution in [3.63, 3.8) is 0 Å². The van der Waals surface area contributed by atoms with E-state index >= 15 is 0 Å². The second-order valence-corrected chi connectivity index (χ2v) is 11.3. The molecule has 0 bridgehead atoms. The van der Waals surface area contributed by atoms with Gasteiger partial charge >= 0.3 is 0 Å². The van der Waals surface area contributed by atoms with Crippen LogP contribution in [0.25, 0.3) is 11.6 Å². The van der Waals surface area contributed by atoms with E-state index in [1.165, 1.54) is 24.3 Å². The van der Waals surface area contributed by atoms with E-state index < -0.39 is 16.8 Å². The summed E-state index contributed by atoms with van der Waals surface area (Å²) in [7, 11) is 0. The Labute approximate surface area is 247 Å². The van der Waals surface area contributed by atoms with Crippen LogP contribution < -0.4 is 4.90 Å². The van der Waals surface area contributed by atoms with Crippen LogP contribution >= 0.6 is 11.6 Å². The van der Waals surface area contributed by atoms with Gasteiger partial charge in [0.25, 0.3) is 5.69 Å². The van der Waals surface area contributed by atoms with Gasteiger partial charge in [-0.2, -0.15) is 0 Å². The number of halogens is 1. The summed E-state index contributed by atoms with van der Waals surface area (Å²) in [6.45, 7) is 2.33. The van der Waals surface area contributed by atoms with E-state index in [1.54, 1.807) is 24.4 Å². The zero-order valence-electron chi connectivity index (χ0n) is 22.8. The van der Waals surface area contributed by atoms with Crippen LogP contribution in [0.4, 0.5) is 11.4 Å². The molecule has 2 amide bonds. The number of pyridine rings is 1. The molecule has 0 unspecified atom stereocenters. The number of hydrogen-bond donors (Lipinski definition) is 1. The predicted molar refractivity (Wildman–Crippen MR) is 158 cm³/mol. The van der Waals surface area contributed by atoms with Crippen molar-refractivity contribution in [2.75, 3.05) is 11.5 Å². The predicted octanol–water partition coefficient (Wildman–Crippen LogP) is 6.21. The van der Waals surface area contributed by atoms with Crippen LogP contribution in [0.3, 0.4) is 0 Å². The third kappa shape index (κ3) is 4.99. The second kappa shape index (κ2) is 11.2. The maximum atomic E-state index is 13.7. The van der Waals surface area contributed by atoms with E-state index in [9.17, 15) is 24.8 Å². The monoisotopic (exact) mass is 585 g/mol. The number of hydrogen-bond acceptors (Lipinski definition) is 7. The molecule has 6 rings (SSSR count). The largest absolute Gasteiger partial charge is 0.508 e. The van der Waals surface area contributed by atoms with E-state index in [4.69, 9.17) is 16.3 Å². The number of aromatic nitrogens is 1. The van der Waals surface area contributed by atoms with Gasteiger partial charge in [0.05, 0.1) is 45.9 Å². The number of carbonyl (C=O) groups excluding carboxylic acids is 2. The summed E-state index contributed by atoms with van der Waals surface area (Å²) >= 11 is 6.40. The average Bonchev–Trinajstić information content (AvgIpc) is 3.51. The standard InChI is InChI=1S/C32H28ClN3O6/c1-18-13-24-30(32(39)35(31(24)38)21-5-4-6-22(15-21)36(40)41)25-17-42-28(29(18)25)11-9-20(27-7-2-3-12-34-27)14-19-8-10-23(37)16-26(19)33/h2-8,10,12,14-16,24-25,28,30,37H,9,11,13,17H2,1H3/b20-14-/t24-,25+,28-,30-/m1/s1. The van der Waals surface area contributed by atoms with Crippen molar-refractivity contribution in [1.29, 1.82) is 0 Å². The summed E-state index contributed by atoms with van der Waals surface area (Å²) in [5.74, 6) is -1.89. The number of nitro groups is 1. The fourth-order valence-corrected chi connectivity index (χ4v) is 6.79. The Kier molecular flexibility index (Phi) is 7.38. The van der Waals surface area contributed by atoms with Gasteiger partial charge in [0.2, 0.25) is 11.8 Å². The first-order chi connectivity index (χ1) is 20.2. The van der Waals surface area contributed by atoms with Crippen molar-refractivity contribution in [1.82, 2.24) is 4.98 Å². The molecule has 1 aliphatic carbocycles. The Morgan fingerprint density at radius 2 is 1.98 bits per heavy atom. The number of rotatable bonds is 7. The number of allylic oxidation sites excluding steroid dienone is 2. The van der Waals surface area contributed by atoms with Crippen LogP contribution in [-0.2, 0) is 14.3 Å². The minimum absolute atomic E-state index is 0.0870. The van der Waals surface area contributed by atoms with Crippen molar-refractivity contribution in [3.8, 4) is 5.75 Å². The van der Waals surface area contributed by atoms with Crippen molar-refractivity contribution in [2.45, 2.75) is 32.3 Å². The van der Waals surface area contributed by atoms with Crippen LogP contribution in [-0.4, -0.2) is 39.5 Å². The fourth-order valence-electron chi connectivity index (χ4n) is 6.56. The second-order valence-electron chi connectivity index (χ2n) is 10.9. The van der Waals surface area contributed by atoms with E-state index in [0.717, 1.165) is 32.9 Å². The number of phenolic OH excluding ortho intramolecular Hbond substituents is 1. The van der Waals surface area contributed by atoms with Crippen molar-refractivity contribution in [3.05, 3.63) is 104 Å². The fraction of sp³-hybridized carbons (Fsp3) is 0.281. The molecule has 1 aromatic heterocycles. The third-order valence-corrected chi connectivity index (χ3v) is 8.76. The highest BCUT2D eigenvalue weighted by atomic mass is 35.5. The Hall–Kier alpha value is -4.34. The van der Waals surface area contributed by atoms with Gasteiger partial charge in [0.15, 0.2) is 0 Å². The molecule has 1 N–H and O–H groups in total. The van der Waals surface area contributed by atoms with Crippen LogP contribution in [0.1, 0.15) is 37.4 Å². The summed E-state index contributed by atoms with van der Waals surface area (Å²) in [4.78, 5) is 43.6. The van der Waals surface area contributed by atoms with Crippen LogP contribution in [0.5, 0.6) is 5.75 Å². The van der Waals surface area contributed by atoms with Gasteiger partial charge in [0, 0.05) is 24.2 Å². The maximum absolute atomic E-state index is 13.7. The molecule has 3 heterocycles. The topological polar surface area (TPSA) is 123 Å². The van der Waals surface area contributed by atoms with E-state index in [-0.39, 0.29) is 41.0 Å². The molecule has 0 spiro atoms. The van der Waals surface area contributed by atoms with Gasteiger partial charge in [-0.3, -0.25) is 24.7 Å². The third-order valence-electron chi connectivity index (χ3n) is 8.43. The number of aromatic hydroxyl groups is 1. The molecule has 0 saturated carbocycles. The highest BCUT2D eigenvalue weighted by Crippen LogP contribution is 2.50. The lowest BCUT2D eigenvalue weighted by molar-refractivity contribution is -0.384. The lowest BCUT2D eigenvalue weighted by Gasteiger charge is -2.30. The lowest BCUT2D eigenvalue weighted by atomic mass is 9.70. The molecule has 2 aliphatic heterocycles. The molecule has 214 valence electrons. The number of non-ortho nitro benzene ring substituents is 1. The van der Waals surface area contributed by atoms with Crippen LogP contribution in [0, 0.1) is 27.9 Å². The molecule has 0 radical (unpaired) electrons. The zero-order valence-corrected chi connectivity index (χ0v) is 23.5. The van der Waals surface area contributed by atoms with Gasteiger partial charge in [-0.1, -0.05) is 29.3 Å². The van der Waals surface area contributed by atoms with Gasteiger partial charge in [-0.25, -0.2) is 4.90 Å². The molecular weight excluding hydrogens is 558 g/mol. The van der Waals surface area contributed by atoms with E-state index in [2.05, 4.69) is 4.98 Å². The number of ether oxygens (including phenoxy) is 1. The summed E-state index contributed by atoms with van der Waals surface area (Å²) < 4.78 is 6.29. The smallest absolute Gasteiger partial charge is 0.271 e. The Morgan fingerprint density at radius 1 is 1.14 bits per heavy atom. The van der Waals surface area contributed by atoms with Gasteiger partial charge < -0.3 is 9.84 Å². The minimum atomic E-state index is -0.568. The normalized spacial score (nSPS) is 23.8. The summed E-state index contributed by atoms with van der Waals surface area (Å²) in [5, 5.41) is 21.5. The molecule has 10 heteroatoms. The van der Waals surface area contributed by atoms with Crippen LogP contribution in [0.15, 0.2) is 78.0 Å². The summed E-state index contributed by atoms with van der Waals surface area (Å²) in [5.41, 5.74) is 4.68. The SMILES string of the molecule is CC1=C2[C@@H](CC/C(=C/c3ccc(O)cc3Cl)c3ccccn3)OC[C@@H]2[C@@H]2C(=O)N(c3cccc([N+](=O)[O-])c3)C(=O)[C@@H]2C1. The van der Waals surface area contributed by atoms with Gasteiger partial charge in [0.1, 0.15) is 5.75 Å².